The van der Waals surface area contributed by atoms with Gasteiger partial charge >= 0.3 is 0 Å². The van der Waals surface area contributed by atoms with Gasteiger partial charge in [0.2, 0.25) is 0 Å². The van der Waals surface area contributed by atoms with Crippen molar-refractivity contribution in [2.75, 3.05) is 18.4 Å². The van der Waals surface area contributed by atoms with Crippen LogP contribution in [0.5, 0.6) is 0 Å². The number of unbranched alkanes of at least 4 members (excludes halogenated alkanes) is 7. The predicted octanol–water partition coefficient (Wildman–Crippen LogP) is 6.01. The zero-order valence-corrected chi connectivity index (χ0v) is 15.2. The summed E-state index contributed by atoms with van der Waals surface area (Å²) >= 11 is 3.49. The molecule has 0 aromatic heterocycles. The van der Waals surface area contributed by atoms with Gasteiger partial charge in [-0.2, -0.15) is 0 Å². The molecular formula is C17H36BrN. The average molecular weight is 334 g/mol. The van der Waals surface area contributed by atoms with E-state index in [2.05, 4.69) is 41.6 Å². The van der Waals surface area contributed by atoms with Crippen LogP contribution < -0.4 is 0 Å². The predicted molar refractivity (Wildman–Crippen MR) is 92.3 cm³/mol. The minimum atomic E-state index is 0.769. The summed E-state index contributed by atoms with van der Waals surface area (Å²) in [6, 6.07) is 0.769. The first kappa shape index (κ1) is 19.4. The highest BCUT2D eigenvalue weighted by Crippen LogP contribution is 2.11. The molecule has 0 spiro atoms. The normalized spacial score (nSPS) is 13.1. The van der Waals surface area contributed by atoms with Gasteiger partial charge in [-0.15, -0.1) is 0 Å². The van der Waals surface area contributed by atoms with Crippen LogP contribution in [0.3, 0.4) is 0 Å². The first-order valence-electron chi connectivity index (χ1n) is 8.56. The van der Waals surface area contributed by atoms with E-state index in [1.165, 1.54) is 82.6 Å². The van der Waals surface area contributed by atoms with E-state index in [0.717, 1.165) is 6.04 Å². The van der Waals surface area contributed by atoms with Crippen LogP contribution in [0.25, 0.3) is 0 Å². The molecule has 0 bridgehead atoms. The maximum absolute atomic E-state index is 3.49. The summed E-state index contributed by atoms with van der Waals surface area (Å²) in [5.74, 6) is 0. The third-order valence-corrected chi connectivity index (χ3v) is 4.65. The summed E-state index contributed by atoms with van der Waals surface area (Å²) < 4.78 is 0. The number of halogens is 1. The molecule has 0 N–H and O–H groups in total. The van der Waals surface area contributed by atoms with Crippen LogP contribution >= 0.6 is 15.9 Å². The number of alkyl halides is 1. The molecule has 0 heterocycles. The van der Waals surface area contributed by atoms with Crippen molar-refractivity contribution in [2.45, 2.75) is 91.0 Å². The van der Waals surface area contributed by atoms with Crippen LogP contribution in [-0.4, -0.2) is 29.4 Å². The fourth-order valence-electron chi connectivity index (χ4n) is 2.47. The van der Waals surface area contributed by atoms with Gasteiger partial charge in [0, 0.05) is 11.4 Å². The third-order valence-electron chi connectivity index (χ3n) is 4.09. The molecule has 1 unspecified atom stereocenters. The third kappa shape index (κ3) is 11.9. The van der Waals surface area contributed by atoms with Crippen LogP contribution in [0.15, 0.2) is 0 Å². The maximum Gasteiger partial charge on any atom is 0.00643 e. The van der Waals surface area contributed by atoms with E-state index in [1.807, 2.05) is 0 Å². The fraction of sp³-hybridized carbons (Fsp3) is 1.00. The Morgan fingerprint density at radius 1 is 0.789 bits per heavy atom. The monoisotopic (exact) mass is 333 g/mol. The van der Waals surface area contributed by atoms with Gasteiger partial charge in [-0.05, 0) is 45.7 Å². The molecule has 0 aromatic carbocycles. The summed E-state index contributed by atoms with van der Waals surface area (Å²) in [4.78, 5) is 2.70. The Hall–Kier alpha value is 0.440. The number of rotatable bonds is 14. The lowest BCUT2D eigenvalue weighted by Gasteiger charge is -2.28. The molecule has 2 heteroatoms. The largest absolute Gasteiger partial charge is 0.301 e. The Kier molecular flexibility index (Phi) is 15.2. The summed E-state index contributed by atoms with van der Waals surface area (Å²) in [6.45, 7) is 9.61. The Labute approximate surface area is 130 Å². The summed E-state index contributed by atoms with van der Waals surface area (Å²) in [6.07, 6.45) is 13.8. The van der Waals surface area contributed by atoms with Crippen LogP contribution in [0, 0.1) is 0 Å². The van der Waals surface area contributed by atoms with Crippen LogP contribution in [0.1, 0.15) is 85.0 Å². The van der Waals surface area contributed by atoms with E-state index in [-0.39, 0.29) is 0 Å². The zero-order chi connectivity index (χ0) is 14.3. The molecule has 0 radical (unpaired) electrons. The molecule has 0 aliphatic heterocycles. The first-order valence-corrected chi connectivity index (χ1v) is 9.68. The second kappa shape index (κ2) is 14.8. The molecule has 116 valence electrons. The summed E-state index contributed by atoms with van der Waals surface area (Å²) in [5.41, 5.74) is 0. The van der Waals surface area contributed by atoms with E-state index < -0.39 is 0 Å². The SMILES string of the molecule is CCCCN(CCCCCCCCCBr)C(C)CC. The van der Waals surface area contributed by atoms with Gasteiger partial charge < -0.3 is 4.90 Å². The van der Waals surface area contributed by atoms with Crippen LogP contribution in [0.4, 0.5) is 0 Å². The zero-order valence-electron chi connectivity index (χ0n) is 13.6. The molecule has 0 fully saturated rings. The quantitative estimate of drug-likeness (QED) is 0.278. The Morgan fingerprint density at radius 3 is 1.84 bits per heavy atom. The highest BCUT2D eigenvalue weighted by atomic mass is 79.9. The Bertz CT molecular complexity index is 173. The summed E-state index contributed by atoms with van der Waals surface area (Å²) in [5, 5.41) is 1.17. The van der Waals surface area contributed by atoms with Gasteiger partial charge in [-0.25, -0.2) is 0 Å². The van der Waals surface area contributed by atoms with E-state index in [1.54, 1.807) is 0 Å². The second-order valence-electron chi connectivity index (χ2n) is 5.81. The lowest BCUT2D eigenvalue weighted by Crippen LogP contribution is -2.34. The van der Waals surface area contributed by atoms with E-state index in [4.69, 9.17) is 0 Å². The number of nitrogens with zero attached hydrogens (tertiary/aromatic N) is 1. The standard InChI is InChI=1S/C17H36BrN/c1-4-6-15-19(17(3)5-2)16-13-11-9-7-8-10-12-14-18/h17H,4-16H2,1-3H3. The number of hydrogen-bond donors (Lipinski definition) is 0. The van der Waals surface area contributed by atoms with E-state index >= 15 is 0 Å². The molecule has 0 aliphatic rings. The molecule has 19 heavy (non-hydrogen) atoms. The van der Waals surface area contributed by atoms with Crippen molar-refractivity contribution in [3.63, 3.8) is 0 Å². The molecule has 0 aromatic rings. The highest BCUT2D eigenvalue weighted by Gasteiger charge is 2.10. The van der Waals surface area contributed by atoms with Crippen molar-refractivity contribution in [3.8, 4) is 0 Å². The topological polar surface area (TPSA) is 3.24 Å². The maximum atomic E-state index is 3.49. The molecular weight excluding hydrogens is 298 g/mol. The summed E-state index contributed by atoms with van der Waals surface area (Å²) in [7, 11) is 0. The van der Waals surface area contributed by atoms with Crippen LogP contribution in [0.2, 0.25) is 0 Å². The molecule has 0 saturated carbocycles. The van der Waals surface area contributed by atoms with Crippen molar-refractivity contribution >= 4 is 15.9 Å². The fourth-order valence-corrected chi connectivity index (χ4v) is 2.86. The first-order chi connectivity index (χ1) is 9.26. The Morgan fingerprint density at radius 2 is 1.32 bits per heavy atom. The number of hydrogen-bond acceptors (Lipinski definition) is 1. The highest BCUT2D eigenvalue weighted by molar-refractivity contribution is 9.09. The van der Waals surface area contributed by atoms with Gasteiger partial charge in [0.25, 0.3) is 0 Å². The van der Waals surface area contributed by atoms with Crippen molar-refractivity contribution in [1.29, 1.82) is 0 Å². The van der Waals surface area contributed by atoms with Gasteiger partial charge in [0.15, 0.2) is 0 Å². The van der Waals surface area contributed by atoms with E-state index in [9.17, 15) is 0 Å². The minimum absolute atomic E-state index is 0.769. The van der Waals surface area contributed by atoms with Crippen molar-refractivity contribution in [3.05, 3.63) is 0 Å². The van der Waals surface area contributed by atoms with Crippen LogP contribution in [-0.2, 0) is 0 Å². The lowest BCUT2D eigenvalue weighted by atomic mass is 10.1. The van der Waals surface area contributed by atoms with Crippen molar-refractivity contribution in [2.24, 2.45) is 0 Å². The minimum Gasteiger partial charge on any atom is -0.301 e. The second-order valence-corrected chi connectivity index (χ2v) is 6.60. The molecule has 1 atom stereocenters. The lowest BCUT2D eigenvalue weighted by molar-refractivity contribution is 0.196. The van der Waals surface area contributed by atoms with Crippen molar-refractivity contribution < 1.29 is 0 Å². The van der Waals surface area contributed by atoms with E-state index in [0.29, 0.717) is 0 Å². The van der Waals surface area contributed by atoms with Gasteiger partial charge in [-0.3, -0.25) is 0 Å². The average Bonchev–Trinajstić information content (AvgIpc) is 2.44. The molecule has 1 nitrogen and oxygen atoms in total. The molecule has 0 amide bonds. The van der Waals surface area contributed by atoms with Crippen molar-refractivity contribution in [1.82, 2.24) is 4.90 Å². The van der Waals surface area contributed by atoms with Gasteiger partial charge in [-0.1, -0.05) is 68.3 Å². The molecule has 0 aliphatic carbocycles. The molecule has 0 rings (SSSR count). The van der Waals surface area contributed by atoms with Gasteiger partial charge in [0.1, 0.15) is 0 Å². The van der Waals surface area contributed by atoms with Gasteiger partial charge in [0.05, 0.1) is 0 Å². The Balaban J connectivity index is 3.52. The molecule has 0 saturated heterocycles. The smallest absolute Gasteiger partial charge is 0.00643 e.